The molecule has 1 spiro atoms. The Morgan fingerprint density at radius 3 is 2.12 bits per heavy atom. The molecule has 16 aliphatic carbocycles. The SMILES string of the molecule is CN1CC2C3=C4C5C6=C(CC7=CC8=CC9CC%10CC%11CC%12CC2(C2C4C4C5C5C(C76)C8C6C9C%10C7C%11C(C4C7C65)C%122)C1c1ccc(OCc2ccccc2)c(OCc2ccccc2)c1)C3. The molecule has 3 aromatic rings. The van der Waals surface area contributed by atoms with Crippen LogP contribution in [-0.2, 0) is 13.2 Å². The molecule has 3 nitrogen and oxygen atoms in total. The molecule has 20 rings (SSSR count). The van der Waals surface area contributed by atoms with Crippen molar-refractivity contribution < 1.29 is 9.47 Å². The van der Waals surface area contributed by atoms with Gasteiger partial charge in [-0.2, -0.15) is 0 Å². The van der Waals surface area contributed by atoms with Crippen molar-refractivity contribution in [3.63, 3.8) is 0 Å². The highest BCUT2D eigenvalue weighted by atomic mass is 16.5. The fourth-order valence-electron chi connectivity index (χ4n) is 26.3. The van der Waals surface area contributed by atoms with E-state index in [1.165, 1.54) is 42.5 Å². The van der Waals surface area contributed by atoms with E-state index in [4.69, 9.17) is 9.47 Å². The number of rotatable bonds is 7. The van der Waals surface area contributed by atoms with Crippen molar-refractivity contribution in [3.05, 3.63) is 141 Å². The lowest BCUT2D eigenvalue weighted by molar-refractivity contribution is -0.146. The van der Waals surface area contributed by atoms with Crippen molar-refractivity contribution in [1.82, 2.24) is 4.90 Å². The zero-order chi connectivity index (χ0) is 41.2. The maximum absolute atomic E-state index is 6.96. The second-order valence-corrected chi connectivity index (χ2v) is 26.5. The minimum atomic E-state index is 0.310. The summed E-state index contributed by atoms with van der Waals surface area (Å²) in [5.74, 6) is 25.2. The van der Waals surface area contributed by atoms with E-state index in [1.54, 1.807) is 19.3 Å². The van der Waals surface area contributed by atoms with Crippen molar-refractivity contribution in [2.75, 3.05) is 13.6 Å². The number of likely N-dealkylation sites (tertiary alicyclic amines) is 1. The summed E-state index contributed by atoms with van der Waals surface area (Å²) in [7, 11) is 2.57. The van der Waals surface area contributed by atoms with Gasteiger partial charge in [-0.05, 0) is 204 Å². The predicted octanol–water partition coefficient (Wildman–Crippen LogP) is 11.6. The highest BCUT2D eigenvalue weighted by Crippen LogP contribution is 2.93. The van der Waals surface area contributed by atoms with Crippen LogP contribution in [0.2, 0.25) is 0 Å². The van der Waals surface area contributed by atoms with Gasteiger partial charge in [0, 0.05) is 35.8 Å². The van der Waals surface area contributed by atoms with Gasteiger partial charge >= 0.3 is 0 Å². The summed E-state index contributed by atoms with van der Waals surface area (Å²) < 4.78 is 13.7. The molecule has 0 aromatic heterocycles. The molecule has 0 N–H and O–H groups in total. The van der Waals surface area contributed by atoms with E-state index < -0.39 is 0 Å². The Kier molecular flexibility index (Phi) is 5.77. The molecule has 326 valence electrons. The van der Waals surface area contributed by atoms with E-state index in [2.05, 4.69) is 120 Å². The molecule has 0 amide bonds. The molecule has 26 atom stereocenters. The maximum Gasteiger partial charge on any atom is 0.162 e. The topological polar surface area (TPSA) is 21.7 Å². The first kappa shape index (κ1) is 34.5. The van der Waals surface area contributed by atoms with Crippen LogP contribution in [0.15, 0.2) is 124 Å². The fraction of sp³-hybridized carbons (Fsp3) is 0.581. The monoisotopic (exact) mass is 851 g/mol. The third-order valence-electron chi connectivity index (χ3n) is 25.8. The molecule has 0 radical (unpaired) electrons. The Labute approximate surface area is 384 Å². The Morgan fingerprint density at radius 2 is 1.29 bits per heavy atom. The molecular formula is C62H61NO2. The van der Waals surface area contributed by atoms with Gasteiger partial charge in [-0.15, -0.1) is 0 Å². The van der Waals surface area contributed by atoms with Crippen molar-refractivity contribution in [2.24, 2.45) is 147 Å². The molecule has 26 unspecified atom stereocenters. The molecule has 3 heteroatoms. The Bertz CT molecular complexity index is 2890. The third-order valence-corrected chi connectivity index (χ3v) is 25.8. The first-order chi connectivity index (χ1) is 32.1. The summed E-state index contributed by atoms with van der Waals surface area (Å²) in [6, 6.07) is 29.3. The molecule has 17 aliphatic rings. The number of fused-ring (bicyclic) bond motifs is 1. The summed E-state index contributed by atoms with van der Waals surface area (Å²) in [5, 5.41) is 0. The fourth-order valence-corrected chi connectivity index (χ4v) is 26.3. The van der Waals surface area contributed by atoms with E-state index in [0.717, 1.165) is 148 Å². The second-order valence-electron chi connectivity index (χ2n) is 26.5. The van der Waals surface area contributed by atoms with E-state index in [-0.39, 0.29) is 0 Å². The standard InChI is InChI=1S/C62H61NO2/c1-63-23-37-36-20-34-18-31-16-32-15-29-14-30-17-33-19-35-22-62(37,61(63)28-12-13-38(64-24-26-8-4-2-5-9-26)39(21-28)65-25-27-10-6-3-7-11-27)60-46(35)51-45(33)50-41(30)40(29)48-44(32)49-42(31)43(34)52-47(36)59(60)58-56(51)54(50)53(48)55(49)57(52)58/h2-13,15-16,21,29-30,33,35,37,40-42,44-46,48-61H,14,17-20,22-25H2,1H3. The zero-order valence-corrected chi connectivity index (χ0v) is 37.7. The smallest absolute Gasteiger partial charge is 0.162 e. The van der Waals surface area contributed by atoms with Gasteiger partial charge in [-0.3, -0.25) is 4.90 Å². The van der Waals surface area contributed by atoms with Crippen LogP contribution in [0.4, 0.5) is 0 Å². The zero-order valence-electron chi connectivity index (χ0n) is 37.7. The number of ether oxygens (including phenoxy) is 2. The second kappa shape index (κ2) is 10.9. The number of benzene rings is 3. The predicted molar refractivity (Wildman–Crippen MR) is 247 cm³/mol. The lowest BCUT2D eigenvalue weighted by atomic mass is 9.42. The number of hydrogen-bond donors (Lipinski definition) is 0. The van der Waals surface area contributed by atoms with Gasteiger partial charge in [0.1, 0.15) is 13.2 Å². The molecule has 11 saturated carbocycles. The van der Waals surface area contributed by atoms with E-state index in [0.29, 0.717) is 30.6 Å². The van der Waals surface area contributed by atoms with Crippen molar-refractivity contribution >= 4 is 0 Å². The highest BCUT2D eigenvalue weighted by Gasteiger charge is 2.88. The summed E-state index contributed by atoms with van der Waals surface area (Å²) >= 11 is 0. The largest absolute Gasteiger partial charge is 0.485 e. The maximum atomic E-state index is 6.96. The van der Waals surface area contributed by atoms with Gasteiger partial charge in [-0.25, -0.2) is 0 Å². The van der Waals surface area contributed by atoms with Crippen LogP contribution in [0.5, 0.6) is 11.5 Å². The van der Waals surface area contributed by atoms with Gasteiger partial charge in [0.15, 0.2) is 11.5 Å². The quantitative estimate of drug-likeness (QED) is 0.221. The third kappa shape index (κ3) is 3.47. The van der Waals surface area contributed by atoms with E-state index in [1.807, 2.05) is 16.7 Å². The van der Waals surface area contributed by atoms with Gasteiger partial charge in [0.05, 0.1) is 0 Å². The normalized spacial score (nSPS) is 55.4. The van der Waals surface area contributed by atoms with Crippen molar-refractivity contribution in [3.8, 4) is 11.5 Å². The molecular weight excluding hydrogens is 791 g/mol. The molecule has 3 aromatic carbocycles. The van der Waals surface area contributed by atoms with E-state index >= 15 is 0 Å². The first-order valence-electron chi connectivity index (χ1n) is 27.2. The highest BCUT2D eigenvalue weighted by molar-refractivity contribution is 5.62. The lowest BCUT2D eigenvalue weighted by Crippen LogP contribution is -2.59. The number of nitrogens with zero attached hydrogens (tertiary/aromatic N) is 1. The molecule has 65 heavy (non-hydrogen) atoms. The molecule has 1 saturated heterocycles. The average molecular weight is 852 g/mol. The van der Waals surface area contributed by atoms with Crippen LogP contribution >= 0.6 is 0 Å². The van der Waals surface area contributed by atoms with Crippen LogP contribution in [0.1, 0.15) is 61.3 Å². The summed E-state index contributed by atoms with van der Waals surface area (Å²) in [6.07, 6.45) is 14.9. The minimum absolute atomic E-state index is 0.310. The summed E-state index contributed by atoms with van der Waals surface area (Å²) in [5.41, 5.74) is 16.4. The lowest BCUT2D eigenvalue weighted by Gasteiger charge is -2.62. The summed E-state index contributed by atoms with van der Waals surface area (Å²) in [4.78, 5) is 2.94. The molecule has 0 bridgehead atoms. The van der Waals surface area contributed by atoms with Crippen molar-refractivity contribution in [2.45, 2.75) is 57.8 Å². The van der Waals surface area contributed by atoms with Crippen LogP contribution < -0.4 is 9.47 Å². The Balaban J connectivity index is 0.803. The van der Waals surface area contributed by atoms with Gasteiger partial charge in [0.25, 0.3) is 0 Å². The van der Waals surface area contributed by atoms with Crippen molar-refractivity contribution in [1.29, 1.82) is 0 Å². The summed E-state index contributed by atoms with van der Waals surface area (Å²) in [6.45, 7) is 2.36. The van der Waals surface area contributed by atoms with Gasteiger partial charge in [0.2, 0.25) is 0 Å². The Hall–Kier alpha value is -3.82. The Morgan fingerprint density at radius 1 is 0.600 bits per heavy atom. The van der Waals surface area contributed by atoms with Crippen LogP contribution in [0.25, 0.3) is 0 Å². The van der Waals surface area contributed by atoms with Gasteiger partial charge < -0.3 is 9.47 Å². The molecule has 1 heterocycles. The number of allylic oxidation sites excluding steroid dienone is 7. The first-order valence-corrected chi connectivity index (χ1v) is 27.2. The average Bonchev–Trinajstić information content (AvgIpc) is 4.19. The molecule has 1 aliphatic heterocycles. The van der Waals surface area contributed by atoms with Crippen LogP contribution in [0, 0.1) is 147 Å². The van der Waals surface area contributed by atoms with Crippen LogP contribution in [0.3, 0.4) is 0 Å². The van der Waals surface area contributed by atoms with Crippen LogP contribution in [-0.4, -0.2) is 18.5 Å². The minimum Gasteiger partial charge on any atom is -0.485 e. The molecule has 12 fully saturated rings. The number of hydrogen-bond acceptors (Lipinski definition) is 3. The van der Waals surface area contributed by atoms with E-state index in [9.17, 15) is 0 Å². The van der Waals surface area contributed by atoms with Gasteiger partial charge in [-0.1, -0.05) is 107 Å².